The fourth-order valence-corrected chi connectivity index (χ4v) is 3.23. The third-order valence-electron chi connectivity index (χ3n) is 3.31. The number of hydrogen-bond donors (Lipinski definition) is 1. The Hall–Kier alpha value is -1.26. The first-order valence-corrected chi connectivity index (χ1v) is 6.97. The Morgan fingerprint density at radius 1 is 1.44 bits per heavy atom. The van der Waals surface area contributed by atoms with Gasteiger partial charge < -0.3 is 5.73 Å². The highest BCUT2D eigenvalue weighted by Crippen LogP contribution is 2.44. The van der Waals surface area contributed by atoms with Gasteiger partial charge in [0, 0.05) is 22.9 Å². The van der Waals surface area contributed by atoms with Crippen molar-refractivity contribution in [1.29, 1.82) is 0 Å². The topological polar surface area (TPSA) is 38.9 Å². The zero-order valence-corrected chi connectivity index (χ0v) is 11.1. The average Bonchev–Trinajstić information content (AvgIpc) is 3.12. The molecular formula is C14H15FN2S. The van der Waals surface area contributed by atoms with Crippen LogP contribution < -0.4 is 5.73 Å². The largest absolute Gasteiger partial charge is 0.326 e. The van der Waals surface area contributed by atoms with Crippen LogP contribution in [0.5, 0.6) is 0 Å². The first-order chi connectivity index (χ1) is 8.69. The Balaban J connectivity index is 2.08. The van der Waals surface area contributed by atoms with Crippen LogP contribution in [-0.4, -0.2) is 4.98 Å². The van der Waals surface area contributed by atoms with E-state index in [9.17, 15) is 4.39 Å². The molecule has 94 valence electrons. The second kappa shape index (κ2) is 4.44. The summed E-state index contributed by atoms with van der Waals surface area (Å²) in [7, 11) is 0. The molecular weight excluding hydrogens is 247 g/mol. The Kier molecular flexibility index (Phi) is 2.92. The van der Waals surface area contributed by atoms with Crippen LogP contribution in [-0.2, 0) is 6.54 Å². The van der Waals surface area contributed by atoms with Gasteiger partial charge in [0.25, 0.3) is 0 Å². The molecule has 0 spiro atoms. The molecule has 3 rings (SSSR count). The quantitative estimate of drug-likeness (QED) is 0.918. The summed E-state index contributed by atoms with van der Waals surface area (Å²) in [5.41, 5.74) is 8.85. The van der Waals surface area contributed by atoms with Gasteiger partial charge in [-0.1, -0.05) is 6.07 Å². The molecule has 4 heteroatoms. The molecule has 1 heterocycles. The van der Waals surface area contributed by atoms with Crippen LogP contribution in [0.2, 0.25) is 0 Å². The Morgan fingerprint density at radius 3 is 2.89 bits per heavy atom. The van der Waals surface area contributed by atoms with E-state index in [1.165, 1.54) is 18.9 Å². The predicted molar refractivity (Wildman–Crippen MR) is 72.1 cm³/mol. The summed E-state index contributed by atoms with van der Waals surface area (Å²) in [5.74, 6) is 0.371. The highest BCUT2D eigenvalue weighted by molar-refractivity contribution is 7.15. The lowest BCUT2D eigenvalue weighted by atomic mass is 10.1. The number of halogens is 1. The SMILES string of the molecule is Cc1ccc(F)cc1-c1nc(C2CC2)c(CN)s1. The first kappa shape index (κ1) is 11.8. The first-order valence-electron chi connectivity index (χ1n) is 6.15. The van der Waals surface area contributed by atoms with Crippen LogP contribution in [0.1, 0.15) is 34.9 Å². The second-order valence-corrected chi connectivity index (χ2v) is 5.85. The van der Waals surface area contributed by atoms with Crippen molar-refractivity contribution in [3.8, 4) is 10.6 Å². The van der Waals surface area contributed by atoms with Gasteiger partial charge in [-0.15, -0.1) is 11.3 Å². The standard InChI is InChI=1S/C14H15FN2S/c1-8-2-5-10(15)6-11(8)14-17-13(9-3-4-9)12(7-16)18-14/h2,5-6,9H,3-4,7,16H2,1H3. The Labute approximate surface area is 110 Å². The molecule has 0 atom stereocenters. The lowest BCUT2D eigenvalue weighted by Crippen LogP contribution is -1.96. The van der Waals surface area contributed by atoms with Crippen molar-refractivity contribution in [3.05, 3.63) is 40.2 Å². The van der Waals surface area contributed by atoms with Gasteiger partial charge in [0.15, 0.2) is 0 Å². The summed E-state index contributed by atoms with van der Waals surface area (Å²) in [6, 6.07) is 4.84. The van der Waals surface area contributed by atoms with E-state index in [2.05, 4.69) is 4.98 Å². The van der Waals surface area contributed by atoms with Crippen LogP contribution in [0.25, 0.3) is 10.6 Å². The maximum atomic E-state index is 13.3. The molecule has 1 fully saturated rings. The fourth-order valence-electron chi connectivity index (χ4n) is 2.13. The molecule has 0 amide bonds. The van der Waals surface area contributed by atoms with Gasteiger partial charge in [-0.25, -0.2) is 9.37 Å². The van der Waals surface area contributed by atoms with Crippen molar-refractivity contribution in [3.63, 3.8) is 0 Å². The lowest BCUT2D eigenvalue weighted by molar-refractivity contribution is 0.628. The van der Waals surface area contributed by atoms with Crippen LogP contribution in [0.3, 0.4) is 0 Å². The number of aryl methyl sites for hydroxylation is 1. The maximum Gasteiger partial charge on any atom is 0.124 e. The van der Waals surface area contributed by atoms with Gasteiger partial charge >= 0.3 is 0 Å². The van der Waals surface area contributed by atoms with Gasteiger partial charge in [-0.05, 0) is 37.5 Å². The fraction of sp³-hybridized carbons (Fsp3) is 0.357. The molecule has 1 aromatic heterocycles. The third kappa shape index (κ3) is 2.06. The van der Waals surface area contributed by atoms with Crippen molar-refractivity contribution in [2.24, 2.45) is 5.73 Å². The van der Waals surface area contributed by atoms with E-state index in [4.69, 9.17) is 5.73 Å². The lowest BCUT2D eigenvalue weighted by Gasteiger charge is -2.01. The normalized spacial score (nSPS) is 15.1. The van der Waals surface area contributed by atoms with E-state index in [0.717, 1.165) is 26.7 Å². The third-order valence-corrected chi connectivity index (χ3v) is 4.43. The monoisotopic (exact) mass is 262 g/mol. The summed E-state index contributed by atoms with van der Waals surface area (Å²) in [6.45, 7) is 2.51. The summed E-state index contributed by atoms with van der Waals surface area (Å²) in [6.07, 6.45) is 2.41. The molecule has 1 saturated carbocycles. The molecule has 2 aromatic rings. The van der Waals surface area contributed by atoms with E-state index >= 15 is 0 Å². The van der Waals surface area contributed by atoms with E-state index in [1.807, 2.05) is 6.92 Å². The van der Waals surface area contributed by atoms with Crippen molar-refractivity contribution >= 4 is 11.3 Å². The summed E-state index contributed by atoms with van der Waals surface area (Å²) >= 11 is 1.60. The number of hydrogen-bond acceptors (Lipinski definition) is 3. The van der Waals surface area contributed by atoms with Crippen molar-refractivity contribution < 1.29 is 4.39 Å². The van der Waals surface area contributed by atoms with E-state index in [-0.39, 0.29) is 5.82 Å². The van der Waals surface area contributed by atoms with Gasteiger partial charge in [0.1, 0.15) is 10.8 Å². The molecule has 1 aliphatic carbocycles. The van der Waals surface area contributed by atoms with Gasteiger partial charge in [-0.3, -0.25) is 0 Å². The number of rotatable bonds is 3. The smallest absolute Gasteiger partial charge is 0.124 e. The van der Waals surface area contributed by atoms with Gasteiger partial charge in [0.2, 0.25) is 0 Å². The molecule has 0 bridgehead atoms. The second-order valence-electron chi connectivity index (χ2n) is 4.77. The number of thiazole rings is 1. The van der Waals surface area contributed by atoms with Crippen LogP contribution >= 0.6 is 11.3 Å². The Morgan fingerprint density at radius 2 is 2.22 bits per heavy atom. The molecule has 0 saturated heterocycles. The van der Waals surface area contributed by atoms with E-state index < -0.39 is 0 Å². The zero-order chi connectivity index (χ0) is 12.7. The molecule has 0 unspecified atom stereocenters. The number of benzene rings is 1. The number of nitrogens with two attached hydrogens (primary N) is 1. The molecule has 1 aliphatic rings. The van der Waals surface area contributed by atoms with Crippen LogP contribution in [0.4, 0.5) is 4.39 Å². The van der Waals surface area contributed by atoms with Gasteiger partial charge in [0.05, 0.1) is 5.69 Å². The molecule has 18 heavy (non-hydrogen) atoms. The van der Waals surface area contributed by atoms with Crippen molar-refractivity contribution in [2.45, 2.75) is 32.2 Å². The highest BCUT2D eigenvalue weighted by Gasteiger charge is 2.29. The molecule has 2 nitrogen and oxygen atoms in total. The summed E-state index contributed by atoms with van der Waals surface area (Å²) < 4.78 is 13.3. The summed E-state index contributed by atoms with van der Waals surface area (Å²) in [5, 5.41) is 0.898. The zero-order valence-electron chi connectivity index (χ0n) is 10.2. The summed E-state index contributed by atoms with van der Waals surface area (Å²) in [4.78, 5) is 5.84. The highest BCUT2D eigenvalue weighted by atomic mass is 32.1. The van der Waals surface area contributed by atoms with E-state index in [1.54, 1.807) is 23.5 Å². The number of aromatic nitrogens is 1. The van der Waals surface area contributed by atoms with Crippen LogP contribution in [0.15, 0.2) is 18.2 Å². The van der Waals surface area contributed by atoms with Crippen molar-refractivity contribution in [2.75, 3.05) is 0 Å². The average molecular weight is 262 g/mol. The Bertz CT molecular complexity index is 587. The minimum absolute atomic E-state index is 0.215. The van der Waals surface area contributed by atoms with Gasteiger partial charge in [-0.2, -0.15) is 0 Å². The predicted octanol–water partition coefficient (Wildman–Crippen LogP) is 3.59. The molecule has 0 aliphatic heterocycles. The van der Waals surface area contributed by atoms with Crippen molar-refractivity contribution in [1.82, 2.24) is 4.98 Å². The molecule has 0 radical (unpaired) electrons. The minimum Gasteiger partial charge on any atom is -0.326 e. The van der Waals surface area contributed by atoms with Crippen LogP contribution in [0, 0.1) is 12.7 Å². The minimum atomic E-state index is -0.215. The molecule has 1 aromatic carbocycles. The number of nitrogens with zero attached hydrogens (tertiary/aromatic N) is 1. The maximum absolute atomic E-state index is 13.3. The molecule has 2 N–H and O–H groups in total. The van der Waals surface area contributed by atoms with E-state index in [0.29, 0.717) is 12.5 Å².